The Morgan fingerprint density at radius 1 is 1.24 bits per heavy atom. The Kier molecular flexibility index (Phi) is 2.65. The maximum atomic E-state index is 12.1. The lowest BCUT2D eigenvalue weighted by atomic mass is 9.91. The third kappa shape index (κ3) is 1.97. The fourth-order valence-electron chi connectivity index (χ4n) is 3.05. The molecule has 2 nitrogen and oxygen atoms in total. The molecule has 1 aromatic carbocycles. The smallest absolute Gasteiger partial charge is 0.170 e. The van der Waals surface area contributed by atoms with E-state index in [1.807, 2.05) is 25.1 Å². The summed E-state index contributed by atoms with van der Waals surface area (Å²) in [6, 6.07) is 5.91. The molecule has 0 aromatic heterocycles. The van der Waals surface area contributed by atoms with E-state index in [-0.39, 0.29) is 11.9 Å². The molecule has 1 unspecified atom stereocenters. The van der Waals surface area contributed by atoms with Crippen LogP contribution < -0.4 is 4.74 Å². The van der Waals surface area contributed by atoms with Gasteiger partial charge < -0.3 is 4.74 Å². The van der Waals surface area contributed by atoms with Crippen LogP contribution in [0.4, 0.5) is 0 Å². The zero-order valence-electron chi connectivity index (χ0n) is 10.2. The first-order valence-corrected chi connectivity index (χ1v) is 6.54. The van der Waals surface area contributed by atoms with Crippen LogP contribution in [0.15, 0.2) is 18.2 Å². The van der Waals surface area contributed by atoms with E-state index in [9.17, 15) is 4.79 Å². The van der Waals surface area contributed by atoms with E-state index in [1.165, 1.54) is 25.7 Å². The van der Waals surface area contributed by atoms with E-state index in [0.29, 0.717) is 12.3 Å². The summed E-state index contributed by atoms with van der Waals surface area (Å²) in [5.41, 5.74) is 1.90. The normalized spacial score (nSPS) is 24.5. The number of hydrogen-bond donors (Lipinski definition) is 0. The first-order chi connectivity index (χ1) is 8.24. The minimum Gasteiger partial charge on any atom is -0.489 e. The van der Waals surface area contributed by atoms with Gasteiger partial charge in [0.15, 0.2) is 5.78 Å². The number of benzene rings is 1. The van der Waals surface area contributed by atoms with Crippen molar-refractivity contribution in [2.24, 2.45) is 5.92 Å². The van der Waals surface area contributed by atoms with Gasteiger partial charge in [0.05, 0.1) is 5.56 Å². The van der Waals surface area contributed by atoms with Crippen LogP contribution in [0.25, 0.3) is 0 Å². The van der Waals surface area contributed by atoms with E-state index >= 15 is 0 Å². The van der Waals surface area contributed by atoms with E-state index in [1.54, 1.807) is 0 Å². The molecule has 0 radical (unpaired) electrons. The minimum absolute atomic E-state index is 0.125. The van der Waals surface area contributed by atoms with Crippen molar-refractivity contribution in [3.8, 4) is 5.75 Å². The van der Waals surface area contributed by atoms with Gasteiger partial charge in [-0.05, 0) is 37.8 Å². The fraction of sp³-hybridized carbons (Fsp3) is 0.533. The number of fused-ring (bicyclic) bond motifs is 1. The maximum Gasteiger partial charge on any atom is 0.170 e. The summed E-state index contributed by atoms with van der Waals surface area (Å²) in [6.07, 6.45) is 5.72. The highest BCUT2D eigenvalue weighted by Gasteiger charge is 2.33. The Hall–Kier alpha value is -1.31. The molecule has 1 fully saturated rings. The highest BCUT2D eigenvalue weighted by atomic mass is 16.5. The Morgan fingerprint density at radius 3 is 2.76 bits per heavy atom. The summed E-state index contributed by atoms with van der Waals surface area (Å²) in [5, 5.41) is 0. The van der Waals surface area contributed by atoms with Crippen LogP contribution in [-0.4, -0.2) is 11.9 Å². The number of hydrogen-bond acceptors (Lipinski definition) is 2. The molecule has 17 heavy (non-hydrogen) atoms. The molecule has 0 amide bonds. The number of aryl methyl sites for hydroxylation is 1. The number of carbonyl (C=O) groups is 1. The molecule has 0 bridgehead atoms. The molecule has 3 rings (SSSR count). The second-order valence-corrected chi connectivity index (χ2v) is 5.33. The highest BCUT2D eigenvalue weighted by molar-refractivity contribution is 6.00. The second-order valence-electron chi connectivity index (χ2n) is 5.33. The molecule has 1 atom stereocenters. The summed E-state index contributed by atoms with van der Waals surface area (Å²) in [4.78, 5) is 12.1. The summed E-state index contributed by atoms with van der Waals surface area (Å²) in [5.74, 6) is 1.64. The molecule has 0 N–H and O–H groups in total. The fourth-order valence-corrected chi connectivity index (χ4v) is 3.05. The third-order valence-corrected chi connectivity index (χ3v) is 4.03. The minimum atomic E-state index is 0.125. The summed E-state index contributed by atoms with van der Waals surface area (Å²) in [7, 11) is 0. The molecule has 0 spiro atoms. The first kappa shape index (κ1) is 10.8. The molecule has 1 saturated carbocycles. The Labute approximate surface area is 102 Å². The number of ether oxygens (including phenoxy) is 1. The van der Waals surface area contributed by atoms with Gasteiger partial charge in [0.2, 0.25) is 0 Å². The second kappa shape index (κ2) is 4.17. The Balaban J connectivity index is 1.87. The van der Waals surface area contributed by atoms with E-state index in [4.69, 9.17) is 4.74 Å². The van der Waals surface area contributed by atoms with Crippen LogP contribution in [0.5, 0.6) is 5.75 Å². The van der Waals surface area contributed by atoms with E-state index in [2.05, 4.69) is 0 Å². The molecule has 1 aliphatic heterocycles. The monoisotopic (exact) mass is 230 g/mol. The van der Waals surface area contributed by atoms with Crippen LogP contribution in [0.1, 0.15) is 48.0 Å². The quantitative estimate of drug-likeness (QED) is 0.737. The average molecular weight is 230 g/mol. The standard InChI is InChI=1S/C15H18O2/c1-10-6-7-14-12(8-10)13(16)9-15(17-14)11-4-2-3-5-11/h6-8,11,15H,2-5,9H2,1H3. The Morgan fingerprint density at radius 2 is 2.00 bits per heavy atom. The molecule has 1 heterocycles. The number of rotatable bonds is 1. The van der Waals surface area contributed by atoms with Gasteiger partial charge in [-0.25, -0.2) is 0 Å². The molecule has 1 aromatic rings. The van der Waals surface area contributed by atoms with Crippen molar-refractivity contribution in [2.45, 2.75) is 45.1 Å². The van der Waals surface area contributed by atoms with Gasteiger partial charge in [-0.15, -0.1) is 0 Å². The van der Waals surface area contributed by atoms with Crippen molar-refractivity contribution in [1.82, 2.24) is 0 Å². The predicted molar refractivity (Wildman–Crippen MR) is 66.5 cm³/mol. The molecule has 0 saturated heterocycles. The topological polar surface area (TPSA) is 26.3 Å². The van der Waals surface area contributed by atoms with Gasteiger partial charge in [-0.3, -0.25) is 4.79 Å². The molecular formula is C15H18O2. The van der Waals surface area contributed by atoms with Crippen LogP contribution in [0, 0.1) is 12.8 Å². The number of carbonyl (C=O) groups excluding carboxylic acids is 1. The summed E-state index contributed by atoms with van der Waals surface area (Å²) < 4.78 is 6.02. The van der Waals surface area contributed by atoms with Gasteiger partial charge in [-0.1, -0.05) is 24.5 Å². The predicted octanol–water partition coefficient (Wildman–Crippen LogP) is 3.52. The van der Waals surface area contributed by atoms with Crippen LogP contribution >= 0.6 is 0 Å². The largest absolute Gasteiger partial charge is 0.489 e. The van der Waals surface area contributed by atoms with E-state index < -0.39 is 0 Å². The summed E-state index contributed by atoms with van der Waals surface area (Å²) in [6.45, 7) is 2.01. The maximum absolute atomic E-state index is 12.1. The number of Topliss-reactive ketones (excluding diaryl/α,β-unsaturated/α-hetero) is 1. The average Bonchev–Trinajstić information content (AvgIpc) is 2.83. The van der Waals surface area contributed by atoms with E-state index in [0.717, 1.165) is 16.9 Å². The summed E-state index contributed by atoms with van der Waals surface area (Å²) >= 11 is 0. The van der Waals surface area contributed by atoms with Crippen LogP contribution in [0.2, 0.25) is 0 Å². The molecular weight excluding hydrogens is 212 g/mol. The van der Waals surface area contributed by atoms with Crippen molar-refractivity contribution < 1.29 is 9.53 Å². The van der Waals surface area contributed by atoms with Crippen molar-refractivity contribution >= 4 is 5.78 Å². The van der Waals surface area contributed by atoms with Crippen LogP contribution in [-0.2, 0) is 0 Å². The molecule has 2 aliphatic rings. The van der Waals surface area contributed by atoms with Crippen molar-refractivity contribution in [2.75, 3.05) is 0 Å². The lowest BCUT2D eigenvalue weighted by Crippen LogP contribution is -2.32. The van der Waals surface area contributed by atoms with Gasteiger partial charge in [0, 0.05) is 6.42 Å². The Bertz CT molecular complexity index is 444. The SMILES string of the molecule is Cc1ccc2c(c1)C(=O)CC(C1CCCC1)O2. The van der Waals surface area contributed by atoms with Gasteiger partial charge in [0.1, 0.15) is 11.9 Å². The zero-order chi connectivity index (χ0) is 11.8. The van der Waals surface area contributed by atoms with Crippen molar-refractivity contribution in [3.63, 3.8) is 0 Å². The lowest BCUT2D eigenvalue weighted by Gasteiger charge is -2.29. The first-order valence-electron chi connectivity index (χ1n) is 6.54. The van der Waals surface area contributed by atoms with Gasteiger partial charge in [0.25, 0.3) is 0 Å². The number of ketones is 1. The lowest BCUT2D eigenvalue weighted by molar-refractivity contribution is 0.0738. The molecule has 90 valence electrons. The van der Waals surface area contributed by atoms with Crippen molar-refractivity contribution in [1.29, 1.82) is 0 Å². The van der Waals surface area contributed by atoms with Crippen LogP contribution in [0.3, 0.4) is 0 Å². The zero-order valence-corrected chi connectivity index (χ0v) is 10.2. The molecule has 2 heteroatoms. The van der Waals surface area contributed by atoms with Crippen molar-refractivity contribution in [3.05, 3.63) is 29.3 Å². The molecule has 1 aliphatic carbocycles. The highest BCUT2D eigenvalue weighted by Crippen LogP contribution is 2.36. The van der Waals surface area contributed by atoms with Gasteiger partial charge in [-0.2, -0.15) is 0 Å². The van der Waals surface area contributed by atoms with Gasteiger partial charge >= 0.3 is 0 Å². The third-order valence-electron chi connectivity index (χ3n) is 4.03.